The van der Waals surface area contributed by atoms with Gasteiger partial charge in [0.05, 0.1) is 22.5 Å². The Hall–Kier alpha value is -3.19. The van der Waals surface area contributed by atoms with E-state index >= 15 is 0 Å². The Kier molecular flexibility index (Phi) is 5.54. The smallest absolute Gasteiger partial charge is 0.272 e. The minimum absolute atomic E-state index is 0.119. The molecule has 1 fully saturated rings. The Balaban J connectivity index is 1.72. The Bertz CT molecular complexity index is 1170. The fraction of sp³-hybridized carbons (Fsp3) is 0.375. The normalized spacial score (nSPS) is 15.3. The van der Waals surface area contributed by atoms with E-state index in [1.165, 1.54) is 6.92 Å². The van der Waals surface area contributed by atoms with Crippen molar-refractivity contribution in [1.29, 1.82) is 0 Å². The highest BCUT2D eigenvalue weighted by Crippen LogP contribution is 2.34. The number of amides is 1. The number of carbonyl (C=O) groups excluding carboxylic acids is 1. The van der Waals surface area contributed by atoms with E-state index in [9.17, 15) is 9.59 Å². The van der Waals surface area contributed by atoms with Gasteiger partial charge in [-0.1, -0.05) is 24.3 Å². The first-order chi connectivity index (χ1) is 14.7. The monoisotopic (exact) mass is 419 g/mol. The molecule has 7 nitrogen and oxygen atoms in total. The molecule has 0 atom stereocenters. The van der Waals surface area contributed by atoms with E-state index in [0.29, 0.717) is 11.1 Å². The molecule has 7 heteroatoms. The van der Waals surface area contributed by atoms with Crippen molar-refractivity contribution in [2.24, 2.45) is 0 Å². The van der Waals surface area contributed by atoms with Gasteiger partial charge in [-0.25, -0.2) is 5.10 Å². The van der Waals surface area contributed by atoms with Gasteiger partial charge in [0.15, 0.2) is 0 Å². The fourth-order valence-corrected chi connectivity index (χ4v) is 4.20. The Morgan fingerprint density at radius 2 is 1.71 bits per heavy atom. The van der Waals surface area contributed by atoms with Crippen LogP contribution in [0.15, 0.2) is 47.3 Å². The summed E-state index contributed by atoms with van der Waals surface area (Å²) in [5.41, 5.74) is 3.22. The second-order valence-corrected chi connectivity index (χ2v) is 9.00. The summed E-state index contributed by atoms with van der Waals surface area (Å²) in [6, 6.07) is 13.4. The van der Waals surface area contributed by atoms with E-state index in [0.717, 1.165) is 48.5 Å². The summed E-state index contributed by atoms with van der Waals surface area (Å²) in [6.07, 6.45) is 0. The predicted molar refractivity (Wildman–Crippen MR) is 126 cm³/mol. The summed E-state index contributed by atoms with van der Waals surface area (Å²) >= 11 is 0. The minimum atomic E-state index is -0.213. The molecule has 2 N–H and O–H groups in total. The summed E-state index contributed by atoms with van der Waals surface area (Å²) in [5, 5.41) is 11.3. The first-order valence-electron chi connectivity index (χ1n) is 10.6. The highest BCUT2D eigenvalue weighted by atomic mass is 16.1. The number of piperazine rings is 1. The molecule has 3 aromatic rings. The molecular weight excluding hydrogens is 390 g/mol. The van der Waals surface area contributed by atoms with E-state index in [1.54, 1.807) is 6.07 Å². The molecule has 0 radical (unpaired) electrons. The van der Waals surface area contributed by atoms with Crippen molar-refractivity contribution in [2.75, 3.05) is 36.4 Å². The molecule has 0 unspecified atom stereocenters. The number of nitrogens with zero attached hydrogens (tertiary/aromatic N) is 3. The zero-order valence-corrected chi connectivity index (χ0v) is 18.5. The van der Waals surface area contributed by atoms with E-state index in [2.05, 4.69) is 46.1 Å². The average molecular weight is 420 g/mol. The number of rotatable bonds is 3. The molecule has 4 rings (SSSR count). The molecule has 1 aromatic heterocycles. The quantitative estimate of drug-likeness (QED) is 0.679. The number of aromatic amines is 1. The summed E-state index contributed by atoms with van der Waals surface area (Å²) in [4.78, 5) is 28.9. The number of carbonyl (C=O) groups is 1. The summed E-state index contributed by atoms with van der Waals surface area (Å²) in [6.45, 7) is 12.0. The lowest BCUT2D eigenvalue weighted by Crippen LogP contribution is -2.53. The number of benzene rings is 2. The largest absolute Gasteiger partial charge is 0.367 e. The lowest BCUT2D eigenvalue weighted by atomic mass is 10.0. The maximum absolute atomic E-state index is 12.1. The third-order valence-electron chi connectivity index (χ3n) is 5.85. The number of anilines is 2. The van der Waals surface area contributed by atoms with Gasteiger partial charge in [0.1, 0.15) is 0 Å². The molecule has 2 heterocycles. The van der Waals surface area contributed by atoms with Gasteiger partial charge in [-0.2, -0.15) is 5.10 Å². The average Bonchev–Trinajstić information content (AvgIpc) is 2.73. The van der Waals surface area contributed by atoms with Gasteiger partial charge in [0.25, 0.3) is 5.56 Å². The van der Waals surface area contributed by atoms with Gasteiger partial charge in [-0.15, -0.1) is 0 Å². The van der Waals surface area contributed by atoms with E-state index in [1.807, 2.05) is 36.4 Å². The molecule has 0 spiro atoms. The first-order valence-corrected chi connectivity index (χ1v) is 10.6. The van der Waals surface area contributed by atoms with E-state index < -0.39 is 0 Å². The summed E-state index contributed by atoms with van der Waals surface area (Å²) in [7, 11) is 0. The number of fused-ring (bicyclic) bond motifs is 1. The number of hydrogen-bond acceptors (Lipinski definition) is 5. The van der Waals surface area contributed by atoms with Crippen LogP contribution in [-0.2, 0) is 4.79 Å². The van der Waals surface area contributed by atoms with Gasteiger partial charge in [-0.05, 0) is 39.0 Å². The minimum Gasteiger partial charge on any atom is -0.367 e. The van der Waals surface area contributed by atoms with Crippen molar-refractivity contribution >= 4 is 28.1 Å². The summed E-state index contributed by atoms with van der Waals surface area (Å²) in [5.74, 6) is -0.119. The number of H-pyrrole nitrogens is 1. The first kappa shape index (κ1) is 21.1. The Labute approximate surface area is 182 Å². The van der Waals surface area contributed by atoms with Crippen molar-refractivity contribution in [3.8, 4) is 11.3 Å². The standard InChI is InChI=1S/C24H29N5O2/c1-16(30)25-20-15-17(22-18-7-5-6-8-19(18)23(31)27-26-22)9-10-21(20)28-11-13-29(14-12-28)24(2,3)4/h5-10,15H,11-14H2,1-4H3,(H,25,30)(H,27,31). The van der Waals surface area contributed by atoms with E-state index in [-0.39, 0.29) is 17.0 Å². The molecule has 1 aliphatic rings. The molecule has 2 aromatic carbocycles. The van der Waals surface area contributed by atoms with Crippen LogP contribution in [0.3, 0.4) is 0 Å². The zero-order valence-electron chi connectivity index (χ0n) is 18.5. The lowest BCUT2D eigenvalue weighted by molar-refractivity contribution is -0.114. The van der Waals surface area contributed by atoms with Gasteiger partial charge in [0.2, 0.25) is 5.91 Å². The second-order valence-electron chi connectivity index (χ2n) is 9.00. The maximum atomic E-state index is 12.1. The third kappa shape index (κ3) is 4.32. The van der Waals surface area contributed by atoms with Crippen LogP contribution < -0.4 is 15.8 Å². The molecule has 0 bridgehead atoms. The van der Waals surface area contributed by atoms with Crippen LogP contribution in [0, 0.1) is 0 Å². The molecule has 1 amide bonds. The second kappa shape index (κ2) is 8.15. The number of nitrogens with one attached hydrogen (secondary N) is 2. The van der Waals surface area contributed by atoms with Crippen molar-refractivity contribution in [3.05, 3.63) is 52.8 Å². The van der Waals surface area contributed by atoms with Crippen LogP contribution in [0.25, 0.3) is 22.0 Å². The SMILES string of the molecule is CC(=O)Nc1cc(-c2n[nH]c(=O)c3ccccc23)ccc1N1CCN(C(C)(C)C)CC1. The van der Waals surface area contributed by atoms with Crippen molar-refractivity contribution < 1.29 is 4.79 Å². The van der Waals surface area contributed by atoms with E-state index in [4.69, 9.17) is 0 Å². The molecule has 162 valence electrons. The lowest BCUT2D eigenvalue weighted by Gasteiger charge is -2.43. The van der Waals surface area contributed by atoms with Crippen molar-refractivity contribution in [2.45, 2.75) is 33.2 Å². The van der Waals surface area contributed by atoms with Crippen molar-refractivity contribution in [3.63, 3.8) is 0 Å². The number of hydrogen-bond donors (Lipinski definition) is 2. The van der Waals surface area contributed by atoms with Crippen LogP contribution in [0.5, 0.6) is 0 Å². The maximum Gasteiger partial charge on any atom is 0.272 e. The van der Waals surface area contributed by atoms with Crippen LogP contribution in [0.2, 0.25) is 0 Å². The fourth-order valence-electron chi connectivity index (χ4n) is 4.20. The molecule has 31 heavy (non-hydrogen) atoms. The molecule has 0 aliphatic carbocycles. The van der Waals surface area contributed by atoms with Crippen LogP contribution in [-0.4, -0.2) is 52.7 Å². The third-order valence-corrected chi connectivity index (χ3v) is 5.85. The van der Waals surface area contributed by atoms with Crippen LogP contribution >= 0.6 is 0 Å². The highest BCUT2D eigenvalue weighted by Gasteiger charge is 2.27. The Morgan fingerprint density at radius 3 is 2.35 bits per heavy atom. The predicted octanol–water partition coefficient (Wildman–Crippen LogP) is 3.47. The topological polar surface area (TPSA) is 81.3 Å². The van der Waals surface area contributed by atoms with Gasteiger partial charge < -0.3 is 10.2 Å². The molecular formula is C24H29N5O2. The number of aromatic nitrogens is 2. The zero-order chi connectivity index (χ0) is 22.2. The van der Waals surface area contributed by atoms with Gasteiger partial charge in [0, 0.05) is 49.6 Å². The Morgan fingerprint density at radius 1 is 1.03 bits per heavy atom. The summed E-state index contributed by atoms with van der Waals surface area (Å²) < 4.78 is 0. The van der Waals surface area contributed by atoms with Gasteiger partial charge >= 0.3 is 0 Å². The van der Waals surface area contributed by atoms with Gasteiger partial charge in [-0.3, -0.25) is 14.5 Å². The van der Waals surface area contributed by atoms with Crippen LogP contribution in [0.1, 0.15) is 27.7 Å². The molecule has 0 saturated carbocycles. The van der Waals surface area contributed by atoms with Crippen molar-refractivity contribution in [1.82, 2.24) is 15.1 Å². The van der Waals surface area contributed by atoms with Crippen LogP contribution in [0.4, 0.5) is 11.4 Å². The highest BCUT2D eigenvalue weighted by molar-refractivity contribution is 5.97. The molecule has 1 aliphatic heterocycles. The molecule has 1 saturated heterocycles.